The highest BCUT2D eigenvalue weighted by molar-refractivity contribution is 6.09. The number of piperidine rings is 5. The molecule has 5 saturated heterocycles. The quantitative estimate of drug-likeness (QED) is 0.166. The Balaban J connectivity index is 0.719. The van der Waals surface area contributed by atoms with E-state index >= 15 is 4.79 Å². The first kappa shape index (κ1) is 46.2. The highest BCUT2D eigenvalue weighted by atomic mass is 16.2. The summed E-state index contributed by atoms with van der Waals surface area (Å²) in [6.45, 7) is 10.2. The second-order valence-electron chi connectivity index (χ2n) is 22.4. The van der Waals surface area contributed by atoms with Crippen molar-refractivity contribution in [2.45, 2.75) is 146 Å². The largest absolute Gasteiger partial charge is 0.366 e. The third kappa shape index (κ3) is 8.54. The van der Waals surface area contributed by atoms with Crippen molar-refractivity contribution >= 4 is 57.9 Å². The molecule has 8 aliphatic rings. The van der Waals surface area contributed by atoms with E-state index in [0.717, 1.165) is 102 Å². The van der Waals surface area contributed by atoms with E-state index in [0.29, 0.717) is 89.9 Å². The SMILES string of the molecule is CC(C)n1cnc2cc(-c3ccc4c(c3)N(C3CC(N5CCCCC5)C3)C(=O)C43CCN(C(=O)C4CCCN(C(=O)C5CCN(c6ccc(C7CCC(=O)NC7=O)cn6)CC5)C4)CC3)nc(NC3CC3)c21. The molecule has 71 heavy (non-hydrogen) atoms. The van der Waals surface area contributed by atoms with Crippen LogP contribution >= 0.6 is 0 Å². The van der Waals surface area contributed by atoms with Gasteiger partial charge >= 0.3 is 0 Å². The molecule has 374 valence electrons. The lowest BCUT2D eigenvalue weighted by Gasteiger charge is -2.48. The second kappa shape index (κ2) is 18.6. The predicted octanol–water partition coefficient (Wildman–Crippen LogP) is 6.55. The summed E-state index contributed by atoms with van der Waals surface area (Å²) >= 11 is 0. The number of hydrogen-bond acceptors (Lipinski definition) is 11. The van der Waals surface area contributed by atoms with E-state index in [4.69, 9.17) is 9.97 Å². The van der Waals surface area contributed by atoms with Gasteiger partial charge in [-0.2, -0.15) is 0 Å². The van der Waals surface area contributed by atoms with Gasteiger partial charge < -0.3 is 34.4 Å². The van der Waals surface area contributed by atoms with Gasteiger partial charge in [0, 0.05) is 93.2 Å². The van der Waals surface area contributed by atoms with Crippen LogP contribution in [0.25, 0.3) is 22.3 Å². The first-order valence-corrected chi connectivity index (χ1v) is 27.0. The highest BCUT2D eigenvalue weighted by Crippen LogP contribution is 2.52. The van der Waals surface area contributed by atoms with E-state index in [-0.39, 0.29) is 59.4 Å². The zero-order valence-corrected chi connectivity index (χ0v) is 41.5. The van der Waals surface area contributed by atoms with Gasteiger partial charge in [0.25, 0.3) is 0 Å². The second-order valence-corrected chi connectivity index (χ2v) is 22.4. The lowest BCUT2D eigenvalue weighted by molar-refractivity contribution is -0.145. The maximum absolute atomic E-state index is 15.3. The predicted molar refractivity (Wildman–Crippen MR) is 271 cm³/mol. The highest BCUT2D eigenvalue weighted by Gasteiger charge is 2.56. The van der Waals surface area contributed by atoms with Gasteiger partial charge in [0.05, 0.1) is 34.8 Å². The summed E-state index contributed by atoms with van der Waals surface area (Å²) in [7, 11) is 0. The molecule has 0 bridgehead atoms. The Morgan fingerprint density at radius 1 is 0.775 bits per heavy atom. The third-order valence-corrected chi connectivity index (χ3v) is 17.7. The average Bonchev–Trinajstić information content (AvgIpc) is 4.05. The minimum absolute atomic E-state index is 0.107. The molecular formula is C55H69N11O5. The maximum atomic E-state index is 15.3. The summed E-state index contributed by atoms with van der Waals surface area (Å²) in [6, 6.07) is 13.8. The topological polar surface area (TPSA) is 169 Å². The van der Waals surface area contributed by atoms with Gasteiger partial charge in [0.2, 0.25) is 29.5 Å². The molecule has 7 fully saturated rings. The van der Waals surface area contributed by atoms with Crippen LogP contribution in [0.2, 0.25) is 0 Å². The Kier molecular flexibility index (Phi) is 12.1. The van der Waals surface area contributed by atoms with Gasteiger partial charge in [-0.1, -0.05) is 24.6 Å². The van der Waals surface area contributed by atoms with Crippen LogP contribution in [0.1, 0.15) is 133 Å². The zero-order valence-electron chi connectivity index (χ0n) is 41.5. The van der Waals surface area contributed by atoms with Crippen LogP contribution in [0.5, 0.6) is 0 Å². The van der Waals surface area contributed by atoms with Gasteiger partial charge in [-0.15, -0.1) is 0 Å². The summed E-state index contributed by atoms with van der Waals surface area (Å²) in [5.41, 5.74) is 5.98. The summed E-state index contributed by atoms with van der Waals surface area (Å²) in [5, 5.41) is 6.13. The summed E-state index contributed by atoms with van der Waals surface area (Å²) in [6.07, 6.45) is 16.7. The lowest BCUT2D eigenvalue weighted by Crippen LogP contribution is -2.58. The van der Waals surface area contributed by atoms with Gasteiger partial charge in [0.15, 0.2) is 5.82 Å². The number of imidazole rings is 1. The van der Waals surface area contributed by atoms with Crippen LogP contribution in [-0.2, 0) is 29.4 Å². The molecule has 2 aliphatic carbocycles. The maximum Gasteiger partial charge on any atom is 0.238 e. The lowest BCUT2D eigenvalue weighted by atomic mass is 9.73. The fourth-order valence-corrected chi connectivity index (χ4v) is 13.2. The molecule has 2 atom stereocenters. The number of carbonyl (C=O) groups excluding carboxylic acids is 5. The normalized spacial score (nSPS) is 26.3. The number of carbonyl (C=O) groups is 5. The molecule has 9 heterocycles. The summed E-state index contributed by atoms with van der Waals surface area (Å²) < 4.78 is 2.20. The van der Waals surface area contributed by atoms with E-state index in [9.17, 15) is 19.2 Å². The van der Waals surface area contributed by atoms with E-state index in [1.165, 1.54) is 19.3 Å². The minimum atomic E-state index is -0.693. The van der Waals surface area contributed by atoms with Crippen LogP contribution in [0, 0.1) is 11.8 Å². The van der Waals surface area contributed by atoms with Crippen molar-refractivity contribution in [1.82, 2.24) is 39.5 Å². The number of anilines is 3. The summed E-state index contributed by atoms with van der Waals surface area (Å²) in [5.74, 6) is 0.897. The average molecular weight is 964 g/mol. The number of imide groups is 1. The smallest absolute Gasteiger partial charge is 0.238 e. The molecule has 2 unspecified atom stereocenters. The van der Waals surface area contributed by atoms with Crippen LogP contribution in [0.3, 0.4) is 0 Å². The molecule has 4 aromatic rings. The van der Waals surface area contributed by atoms with Crippen molar-refractivity contribution in [2.24, 2.45) is 11.8 Å². The number of likely N-dealkylation sites (tertiary alicyclic amines) is 3. The number of amides is 5. The molecule has 2 N–H and O–H groups in total. The van der Waals surface area contributed by atoms with Gasteiger partial charge in [-0.3, -0.25) is 29.3 Å². The number of aromatic nitrogens is 4. The fourth-order valence-electron chi connectivity index (χ4n) is 13.2. The van der Waals surface area contributed by atoms with Gasteiger partial charge in [0.1, 0.15) is 11.3 Å². The number of fused-ring (bicyclic) bond motifs is 3. The third-order valence-electron chi connectivity index (χ3n) is 17.7. The van der Waals surface area contributed by atoms with E-state index in [2.05, 4.69) is 73.0 Å². The van der Waals surface area contributed by atoms with E-state index in [1.54, 1.807) is 6.20 Å². The molecule has 6 aliphatic heterocycles. The first-order chi connectivity index (χ1) is 34.5. The Bertz CT molecular complexity index is 2720. The number of rotatable bonds is 10. The first-order valence-electron chi connectivity index (χ1n) is 27.0. The van der Waals surface area contributed by atoms with Crippen molar-refractivity contribution in [1.29, 1.82) is 0 Å². The van der Waals surface area contributed by atoms with Crippen LogP contribution in [0.4, 0.5) is 17.3 Å². The van der Waals surface area contributed by atoms with Crippen LogP contribution < -0.4 is 20.4 Å². The van der Waals surface area contributed by atoms with Crippen molar-refractivity contribution in [3.8, 4) is 11.3 Å². The Morgan fingerprint density at radius 2 is 1.55 bits per heavy atom. The molecule has 1 spiro atoms. The van der Waals surface area contributed by atoms with E-state index in [1.807, 2.05) is 28.3 Å². The number of pyridine rings is 2. The van der Waals surface area contributed by atoms with Gasteiger partial charge in [-0.25, -0.2) is 15.0 Å². The van der Waals surface area contributed by atoms with Gasteiger partial charge in [-0.05, 0) is 140 Å². The molecule has 16 nitrogen and oxygen atoms in total. The monoisotopic (exact) mass is 964 g/mol. The molecule has 2 saturated carbocycles. The molecule has 16 heteroatoms. The van der Waals surface area contributed by atoms with Crippen molar-refractivity contribution < 1.29 is 24.0 Å². The number of nitrogens with one attached hydrogen (secondary N) is 2. The molecular weight excluding hydrogens is 895 g/mol. The zero-order chi connectivity index (χ0) is 48.5. The number of hydrogen-bond donors (Lipinski definition) is 2. The molecule has 0 radical (unpaired) electrons. The number of nitrogens with zero attached hydrogens (tertiary/aromatic N) is 9. The Labute approximate surface area is 416 Å². The number of benzene rings is 1. The minimum Gasteiger partial charge on any atom is -0.366 e. The fraction of sp³-hybridized carbons (Fsp3) is 0.600. The summed E-state index contributed by atoms with van der Waals surface area (Å²) in [4.78, 5) is 93.5. The standard InChI is InChI=1S/C55H69N11O5/c1-34(2)65-33-57-45-30-44(59-50(49(45)65)58-39-10-11-39)36-8-13-43-46(27-36)66(41-28-40(29-41)61-20-4-3-5-21-61)54(71)55(43)18-25-63(26-19-55)53(70)38-7-6-22-64(32-38)52(69)35-16-23-62(24-17-35)47-14-9-37(31-56-47)42-12-15-48(67)60-51(42)68/h8-9,13-14,27,30-31,33-35,38-42H,3-7,10-12,15-26,28-29,32H2,1-2H3,(H,58,59)(H,60,67,68). The molecule has 5 amide bonds. The van der Waals surface area contributed by atoms with Crippen molar-refractivity contribution in [3.63, 3.8) is 0 Å². The molecule has 1 aromatic carbocycles. The molecule has 12 rings (SSSR count). The Hall–Kier alpha value is -5.90. The Morgan fingerprint density at radius 3 is 2.27 bits per heavy atom. The van der Waals surface area contributed by atoms with Crippen molar-refractivity contribution in [2.75, 3.05) is 67.5 Å². The van der Waals surface area contributed by atoms with Crippen LogP contribution in [-0.4, -0.2) is 134 Å². The molecule has 3 aromatic heterocycles. The van der Waals surface area contributed by atoms with Crippen LogP contribution in [0.15, 0.2) is 48.9 Å². The van der Waals surface area contributed by atoms with E-state index < -0.39 is 5.41 Å². The van der Waals surface area contributed by atoms with Crippen molar-refractivity contribution in [3.05, 3.63) is 60.0 Å².